The summed E-state index contributed by atoms with van der Waals surface area (Å²) in [5.41, 5.74) is 0.972. The minimum absolute atomic E-state index is 0.0646. The lowest BCUT2D eigenvalue weighted by Crippen LogP contribution is -2.57. The summed E-state index contributed by atoms with van der Waals surface area (Å²) in [6.07, 6.45) is -2.04. The molecule has 0 aromatic heterocycles. The fraction of sp³-hybridized carbons (Fsp3) is 0.533. The Kier molecular flexibility index (Phi) is 5.63. The Labute approximate surface area is 134 Å². The molecule has 3 atom stereocenters. The number of aliphatic hydroxyl groups excluding tert-OH is 2. The van der Waals surface area contributed by atoms with Gasteiger partial charge in [-0.25, -0.2) is 0 Å². The van der Waals surface area contributed by atoms with Crippen LogP contribution in [0.1, 0.15) is 5.56 Å². The van der Waals surface area contributed by atoms with Gasteiger partial charge in [-0.1, -0.05) is 17.7 Å². The number of rotatable bonds is 4. The summed E-state index contributed by atoms with van der Waals surface area (Å²) in [7, 11) is 1.54. The first kappa shape index (κ1) is 17.0. The molecule has 122 valence electrons. The second kappa shape index (κ2) is 7.28. The third kappa shape index (κ3) is 3.89. The number of benzene rings is 1. The van der Waals surface area contributed by atoms with Gasteiger partial charge < -0.3 is 24.6 Å². The molecule has 0 saturated carbocycles. The van der Waals surface area contributed by atoms with Crippen molar-refractivity contribution in [2.45, 2.75) is 25.2 Å². The van der Waals surface area contributed by atoms with Crippen LogP contribution >= 0.6 is 11.6 Å². The Morgan fingerprint density at radius 2 is 2.18 bits per heavy atom. The number of hydrogen-bond acceptors (Lipinski definition) is 5. The van der Waals surface area contributed by atoms with E-state index in [2.05, 4.69) is 0 Å². The molecular weight excluding hydrogens is 310 g/mol. The van der Waals surface area contributed by atoms with Crippen molar-refractivity contribution in [3.63, 3.8) is 0 Å². The van der Waals surface area contributed by atoms with Crippen molar-refractivity contribution in [3.8, 4) is 5.75 Å². The smallest absolute Gasteiger partial charge is 0.260 e. The minimum atomic E-state index is -1.04. The third-order valence-corrected chi connectivity index (χ3v) is 4.01. The van der Waals surface area contributed by atoms with Crippen molar-refractivity contribution in [1.82, 2.24) is 4.90 Å². The number of halogens is 1. The first-order valence-electron chi connectivity index (χ1n) is 6.98. The number of carbonyl (C=O) groups is 1. The van der Waals surface area contributed by atoms with Crippen LogP contribution in [-0.2, 0) is 9.53 Å². The van der Waals surface area contributed by atoms with Crippen LogP contribution in [0.25, 0.3) is 0 Å². The molecule has 0 unspecified atom stereocenters. The molecule has 0 bridgehead atoms. The van der Waals surface area contributed by atoms with E-state index >= 15 is 0 Å². The number of ether oxygens (including phenoxy) is 2. The van der Waals surface area contributed by atoms with Crippen LogP contribution in [0.2, 0.25) is 5.02 Å². The van der Waals surface area contributed by atoms with E-state index in [1.54, 1.807) is 19.2 Å². The van der Waals surface area contributed by atoms with E-state index in [0.29, 0.717) is 10.8 Å². The number of amides is 1. The average molecular weight is 330 g/mol. The van der Waals surface area contributed by atoms with E-state index in [4.69, 9.17) is 21.1 Å². The van der Waals surface area contributed by atoms with Crippen LogP contribution in [0.3, 0.4) is 0 Å². The first-order chi connectivity index (χ1) is 10.4. The topological polar surface area (TPSA) is 79.2 Å². The predicted octanol–water partition coefficient (Wildman–Crippen LogP) is 0.606. The Bertz CT molecular complexity index is 539. The minimum Gasteiger partial charge on any atom is -0.482 e. The van der Waals surface area contributed by atoms with E-state index < -0.39 is 18.2 Å². The molecule has 1 fully saturated rings. The highest BCUT2D eigenvalue weighted by Crippen LogP contribution is 2.25. The Morgan fingerprint density at radius 1 is 1.45 bits per heavy atom. The SMILES string of the molecule is Cc1ccc(Cl)c(OCC(=O)N(C)[C@@H]2COC[C@@H](O)[C@H]2O)c1. The lowest BCUT2D eigenvalue weighted by Gasteiger charge is -2.37. The first-order valence-corrected chi connectivity index (χ1v) is 7.36. The summed E-state index contributed by atoms with van der Waals surface area (Å²) in [6, 6.07) is 4.70. The zero-order valence-corrected chi connectivity index (χ0v) is 13.3. The Morgan fingerprint density at radius 3 is 2.91 bits per heavy atom. The summed E-state index contributed by atoms with van der Waals surface area (Å²) in [5.74, 6) is 0.100. The molecule has 1 aromatic rings. The molecule has 0 spiro atoms. The zero-order valence-electron chi connectivity index (χ0n) is 12.5. The molecule has 1 amide bonds. The quantitative estimate of drug-likeness (QED) is 0.846. The van der Waals surface area contributed by atoms with Gasteiger partial charge in [-0.15, -0.1) is 0 Å². The summed E-state index contributed by atoms with van der Waals surface area (Å²) < 4.78 is 10.6. The standard InChI is InChI=1S/C15H20ClNO5/c1-9-3-4-10(16)13(5-9)22-8-14(19)17(2)11-6-21-7-12(18)15(11)20/h3-5,11-12,15,18,20H,6-8H2,1-2H3/t11-,12-,15+/m1/s1. The summed E-state index contributed by atoms with van der Waals surface area (Å²) >= 11 is 6.01. The lowest BCUT2D eigenvalue weighted by atomic mass is 10.0. The van der Waals surface area contributed by atoms with Crippen molar-refractivity contribution >= 4 is 17.5 Å². The molecule has 7 heteroatoms. The second-order valence-corrected chi connectivity index (χ2v) is 5.80. The highest BCUT2D eigenvalue weighted by atomic mass is 35.5. The van der Waals surface area contributed by atoms with Crippen LogP contribution in [0.4, 0.5) is 0 Å². The van der Waals surface area contributed by atoms with Gasteiger partial charge in [0, 0.05) is 7.05 Å². The van der Waals surface area contributed by atoms with Crippen molar-refractivity contribution in [2.24, 2.45) is 0 Å². The maximum Gasteiger partial charge on any atom is 0.260 e. The largest absolute Gasteiger partial charge is 0.482 e. The summed E-state index contributed by atoms with van der Waals surface area (Å²) in [4.78, 5) is 13.5. The van der Waals surface area contributed by atoms with E-state index in [1.807, 2.05) is 13.0 Å². The molecule has 1 saturated heterocycles. The molecule has 1 aromatic carbocycles. The molecule has 2 rings (SSSR count). The van der Waals surface area contributed by atoms with E-state index in [-0.39, 0.29) is 25.7 Å². The van der Waals surface area contributed by atoms with Gasteiger partial charge in [-0.05, 0) is 24.6 Å². The molecule has 0 aliphatic carbocycles. The average Bonchev–Trinajstić information content (AvgIpc) is 2.50. The number of aryl methyl sites for hydroxylation is 1. The van der Waals surface area contributed by atoms with E-state index in [1.165, 1.54) is 4.90 Å². The predicted molar refractivity (Wildman–Crippen MR) is 81.1 cm³/mol. The fourth-order valence-corrected chi connectivity index (χ4v) is 2.42. The van der Waals surface area contributed by atoms with E-state index in [0.717, 1.165) is 5.56 Å². The lowest BCUT2D eigenvalue weighted by molar-refractivity contribution is -0.154. The summed E-state index contributed by atoms with van der Waals surface area (Å²) in [6.45, 7) is 1.92. The van der Waals surface area contributed by atoms with Crippen LogP contribution < -0.4 is 4.74 Å². The molecular formula is C15H20ClNO5. The molecule has 1 aliphatic rings. The van der Waals surface area contributed by atoms with Gasteiger partial charge in [0.1, 0.15) is 18.0 Å². The monoisotopic (exact) mass is 329 g/mol. The molecule has 1 heterocycles. The number of likely N-dealkylation sites (N-methyl/N-ethyl adjacent to an activating group) is 1. The van der Waals surface area contributed by atoms with Gasteiger partial charge in [0.25, 0.3) is 5.91 Å². The van der Waals surface area contributed by atoms with Gasteiger partial charge in [0.05, 0.1) is 24.3 Å². The Balaban J connectivity index is 1.95. The van der Waals surface area contributed by atoms with Crippen LogP contribution in [-0.4, -0.2) is 66.1 Å². The van der Waals surface area contributed by atoms with Crippen LogP contribution in [0, 0.1) is 6.92 Å². The normalized spacial score (nSPS) is 24.9. The van der Waals surface area contributed by atoms with E-state index in [9.17, 15) is 15.0 Å². The Hall–Kier alpha value is -1.34. The van der Waals surface area contributed by atoms with Gasteiger partial charge in [0.2, 0.25) is 0 Å². The van der Waals surface area contributed by atoms with Crippen molar-refractivity contribution in [1.29, 1.82) is 0 Å². The molecule has 22 heavy (non-hydrogen) atoms. The number of aliphatic hydroxyl groups is 2. The molecule has 1 aliphatic heterocycles. The van der Waals surface area contributed by atoms with Crippen LogP contribution in [0.5, 0.6) is 5.75 Å². The number of carbonyl (C=O) groups excluding carboxylic acids is 1. The zero-order chi connectivity index (χ0) is 16.3. The third-order valence-electron chi connectivity index (χ3n) is 3.69. The van der Waals surface area contributed by atoms with Crippen molar-refractivity contribution in [3.05, 3.63) is 28.8 Å². The molecule has 2 N–H and O–H groups in total. The fourth-order valence-electron chi connectivity index (χ4n) is 2.25. The van der Waals surface area contributed by atoms with Gasteiger partial charge in [0.15, 0.2) is 6.61 Å². The maximum absolute atomic E-state index is 12.2. The van der Waals surface area contributed by atoms with Gasteiger partial charge in [-0.3, -0.25) is 4.79 Å². The van der Waals surface area contributed by atoms with Crippen molar-refractivity contribution in [2.75, 3.05) is 26.9 Å². The maximum atomic E-state index is 12.2. The second-order valence-electron chi connectivity index (χ2n) is 5.39. The van der Waals surface area contributed by atoms with Gasteiger partial charge >= 0.3 is 0 Å². The van der Waals surface area contributed by atoms with Crippen molar-refractivity contribution < 1.29 is 24.5 Å². The molecule has 0 radical (unpaired) electrons. The number of hydrogen-bond donors (Lipinski definition) is 2. The van der Waals surface area contributed by atoms with Crippen LogP contribution in [0.15, 0.2) is 18.2 Å². The highest BCUT2D eigenvalue weighted by Gasteiger charge is 2.35. The molecule has 6 nitrogen and oxygen atoms in total. The van der Waals surface area contributed by atoms with Gasteiger partial charge in [-0.2, -0.15) is 0 Å². The number of nitrogens with zero attached hydrogens (tertiary/aromatic N) is 1. The highest BCUT2D eigenvalue weighted by molar-refractivity contribution is 6.32. The summed E-state index contributed by atoms with van der Waals surface area (Å²) in [5, 5.41) is 20.0.